The third-order valence-corrected chi connectivity index (χ3v) is 6.44. The number of sulfonamides is 1. The van der Waals surface area contributed by atoms with Gasteiger partial charge in [-0.2, -0.15) is 4.31 Å². The number of aryl methyl sites for hydroxylation is 1. The second-order valence-electron chi connectivity index (χ2n) is 6.22. The highest BCUT2D eigenvalue weighted by Crippen LogP contribution is 2.37. The number of rotatable bonds is 4. The summed E-state index contributed by atoms with van der Waals surface area (Å²) in [5.74, 6) is -0.233. The molecule has 1 aromatic heterocycles. The number of anilines is 1. The number of aromatic nitrogens is 1. The lowest BCUT2D eigenvalue weighted by molar-refractivity contribution is -0.114. The Morgan fingerprint density at radius 1 is 1.24 bits per heavy atom. The highest BCUT2D eigenvalue weighted by atomic mass is 32.2. The minimum atomic E-state index is -3.66. The fourth-order valence-electron chi connectivity index (χ4n) is 3.23. The minimum Gasteiger partial charge on any atom is -0.326 e. The summed E-state index contributed by atoms with van der Waals surface area (Å²) in [7, 11) is -3.66. The van der Waals surface area contributed by atoms with Gasteiger partial charge in [-0.05, 0) is 55.2 Å². The van der Waals surface area contributed by atoms with E-state index in [1.165, 1.54) is 13.0 Å². The molecule has 0 bridgehead atoms. The van der Waals surface area contributed by atoms with Crippen LogP contribution in [0, 0.1) is 6.92 Å². The van der Waals surface area contributed by atoms with E-state index >= 15 is 0 Å². The number of amides is 1. The van der Waals surface area contributed by atoms with Crippen molar-refractivity contribution < 1.29 is 13.2 Å². The van der Waals surface area contributed by atoms with Crippen molar-refractivity contribution >= 4 is 21.6 Å². The van der Waals surface area contributed by atoms with Gasteiger partial charge in [0.05, 0.1) is 10.9 Å². The fourth-order valence-corrected chi connectivity index (χ4v) is 5.17. The molecule has 25 heavy (non-hydrogen) atoms. The first kappa shape index (κ1) is 17.6. The number of hydrogen-bond donors (Lipinski definition) is 1. The predicted octanol–water partition coefficient (Wildman–Crippen LogP) is 2.87. The average Bonchev–Trinajstić information content (AvgIpc) is 3.07. The topological polar surface area (TPSA) is 79.4 Å². The number of carbonyl (C=O) groups is 1. The van der Waals surface area contributed by atoms with Gasteiger partial charge in [0.15, 0.2) is 0 Å². The molecule has 1 saturated heterocycles. The number of carbonyl (C=O) groups excluding carboxylic acids is 1. The molecular formula is C18H21N3O3S. The number of hydrogen-bond acceptors (Lipinski definition) is 4. The highest BCUT2D eigenvalue weighted by Gasteiger charge is 2.36. The van der Waals surface area contributed by atoms with E-state index in [0.29, 0.717) is 17.8 Å². The van der Waals surface area contributed by atoms with Crippen molar-refractivity contribution in [3.8, 4) is 0 Å². The Balaban J connectivity index is 2.00. The molecule has 1 aliphatic rings. The van der Waals surface area contributed by atoms with Crippen molar-refractivity contribution in [1.82, 2.24) is 9.29 Å². The smallest absolute Gasteiger partial charge is 0.243 e. The van der Waals surface area contributed by atoms with Crippen molar-refractivity contribution in [2.75, 3.05) is 11.9 Å². The van der Waals surface area contributed by atoms with E-state index in [1.807, 2.05) is 12.1 Å². The van der Waals surface area contributed by atoms with Gasteiger partial charge in [-0.15, -0.1) is 0 Å². The van der Waals surface area contributed by atoms with E-state index in [9.17, 15) is 13.2 Å². The van der Waals surface area contributed by atoms with Gasteiger partial charge in [-0.25, -0.2) is 8.42 Å². The van der Waals surface area contributed by atoms with Crippen molar-refractivity contribution in [2.24, 2.45) is 0 Å². The van der Waals surface area contributed by atoms with Crippen molar-refractivity contribution in [1.29, 1.82) is 0 Å². The van der Waals surface area contributed by atoms with Gasteiger partial charge in [0.25, 0.3) is 0 Å². The maximum atomic E-state index is 13.3. The van der Waals surface area contributed by atoms with Crippen LogP contribution in [-0.2, 0) is 14.8 Å². The Morgan fingerprint density at radius 3 is 2.64 bits per heavy atom. The molecule has 0 aliphatic carbocycles. The molecule has 2 aromatic rings. The summed E-state index contributed by atoms with van der Waals surface area (Å²) in [4.78, 5) is 15.5. The third kappa shape index (κ3) is 3.57. The molecule has 3 rings (SSSR count). The predicted molar refractivity (Wildman–Crippen MR) is 95.6 cm³/mol. The average molecular weight is 359 g/mol. The number of nitrogens with zero attached hydrogens (tertiary/aromatic N) is 2. The largest absolute Gasteiger partial charge is 0.326 e. The van der Waals surface area contributed by atoms with Gasteiger partial charge in [0, 0.05) is 31.5 Å². The summed E-state index contributed by atoms with van der Waals surface area (Å²) in [6.07, 6.45) is 4.96. The second-order valence-corrected chi connectivity index (χ2v) is 8.07. The third-order valence-electron chi connectivity index (χ3n) is 4.39. The summed E-state index contributed by atoms with van der Waals surface area (Å²) < 4.78 is 28.1. The Bertz CT molecular complexity index is 882. The van der Waals surface area contributed by atoms with Crippen LogP contribution in [0.5, 0.6) is 0 Å². The SMILES string of the molecule is CC(=O)Nc1ccc(C)c(S(=O)(=O)N2CCC[C@H]2c2ccncc2)c1. The first-order valence-corrected chi connectivity index (χ1v) is 9.63. The van der Waals surface area contributed by atoms with Crippen molar-refractivity contribution in [3.63, 3.8) is 0 Å². The molecule has 0 saturated carbocycles. The van der Waals surface area contributed by atoms with Gasteiger partial charge in [0.1, 0.15) is 0 Å². The summed E-state index contributed by atoms with van der Waals surface area (Å²) in [5.41, 5.74) is 2.09. The maximum absolute atomic E-state index is 13.3. The van der Waals surface area contributed by atoms with E-state index in [0.717, 1.165) is 18.4 Å². The number of pyridine rings is 1. The van der Waals surface area contributed by atoms with E-state index in [1.54, 1.807) is 35.8 Å². The normalized spacial score (nSPS) is 18.2. The molecule has 6 nitrogen and oxygen atoms in total. The van der Waals surface area contributed by atoms with Crippen molar-refractivity contribution in [3.05, 3.63) is 53.9 Å². The van der Waals surface area contributed by atoms with Crippen LogP contribution in [0.3, 0.4) is 0 Å². The first-order chi connectivity index (χ1) is 11.9. The first-order valence-electron chi connectivity index (χ1n) is 8.19. The van der Waals surface area contributed by atoms with Gasteiger partial charge < -0.3 is 5.32 Å². The summed E-state index contributed by atoms with van der Waals surface area (Å²) in [6.45, 7) is 3.65. The molecular weight excluding hydrogens is 338 g/mol. The van der Waals surface area contributed by atoms with Crippen LogP contribution in [0.4, 0.5) is 5.69 Å². The van der Waals surface area contributed by atoms with E-state index in [2.05, 4.69) is 10.3 Å². The zero-order chi connectivity index (χ0) is 18.0. The van der Waals surface area contributed by atoms with Crippen LogP contribution in [0.15, 0.2) is 47.6 Å². The van der Waals surface area contributed by atoms with Gasteiger partial charge in [-0.1, -0.05) is 6.07 Å². The summed E-state index contributed by atoms with van der Waals surface area (Å²) in [5, 5.41) is 2.65. The minimum absolute atomic E-state index is 0.183. The molecule has 1 aromatic carbocycles. The molecule has 7 heteroatoms. The van der Waals surface area contributed by atoms with Gasteiger partial charge in [-0.3, -0.25) is 9.78 Å². The number of nitrogens with one attached hydrogen (secondary N) is 1. The maximum Gasteiger partial charge on any atom is 0.243 e. The van der Waals surface area contributed by atoms with Crippen LogP contribution in [0.25, 0.3) is 0 Å². The molecule has 1 N–H and O–H groups in total. The lowest BCUT2D eigenvalue weighted by atomic mass is 10.1. The zero-order valence-corrected chi connectivity index (χ0v) is 15.1. The molecule has 1 fully saturated rings. The molecule has 1 amide bonds. The Labute approximate surface area is 147 Å². The molecule has 132 valence electrons. The fraction of sp³-hybridized carbons (Fsp3) is 0.333. The zero-order valence-electron chi connectivity index (χ0n) is 14.3. The molecule has 1 aliphatic heterocycles. The van der Waals surface area contributed by atoms with Crippen LogP contribution in [0.2, 0.25) is 0 Å². The monoisotopic (exact) mass is 359 g/mol. The van der Waals surface area contributed by atoms with Crippen LogP contribution in [0.1, 0.15) is 36.9 Å². The highest BCUT2D eigenvalue weighted by molar-refractivity contribution is 7.89. The van der Waals surface area contributed by atoms with Crippen molar-refractivity contribution in [2.45, 2.75) is 37.6 Å². The van der Waals surface area contributed by atoms with Crippen LogP contribution < -0.4 is 5.32 Å². The molecule has 0 radical (unpaired) electrons. The summed E-state index contributed by atoms with van der Waals surface area (Å²) in [6, 6.07) is 8.50. The summed E-state index contributed by atoms with van der Waals surface area (Å²) >= 11 is 0. The lowest BCUT2D eigenvalue weighted by Gasteiger charge is -2.25. The van der Waals surface area contributed by atoms with Gasteiger partial charge in [0.2, 0.25) is 15.9 Å². The quantitative estimate of drug-likeness (QED) is 0.910. The van der Waals surface area contributed by atoms with E-state index in [4.69, 9.17) is 0 Å². The molecule has 0 spiro atoms. The molecule has 0 unspecified atom stereocenters. The molecule has 2 heterocycles. The van der Waals surface area contributed by atoms with Gasteiger partial charge >= 0.3 is 0 Å². The molecule has 1 atom stereocenters. The van der Waals surface area contributed by atoms with E-state index < -0.39 is 10.0 Å². The van der Waals surface area contributed by atoms with Crippen LogP contribution >= 0.6 is 0 Å². The Hall–Kier alpha value is -2.25. The second kappa shape index (κ2) is 6.93. The van der Waals surface area contributed by atoms with E-state index in [-0.39, 0.29) is 16.8 Å². The Kier molecular flexibility index (Phi) is 4.87. The lowest BCUT2D eigenvalue weighted by Crippen LogP contribution is -2.31. The standard InChI is InChI=1S/C18H21N3O3S/c1-13-5-6-16(20-14(2)22)12-18(13)25(23,24)21-11-3-4-17(21)15-7-9-19-10-8-15/h5-10,12,17H,3-4,11H2,1-2H3,(H,20,22)/t17-/m0/s1. The Morgan fingerprint density at radius 2 is 1.96 bits per heavy atom. The number of benzene rings is 1. The van der Waals surface area contributed by atoms with Crippen LogP contribution in [-0.4, -0.2) is 30.2 Å².